The molecule has 3 fully saturated rings. The molecule has 0 aromatic heterocycles. The Labute approximate surface area is 158 Å². The minimum Gasteiger partial charge on any atom is -0.496 e. The molecule has 3 aliphatic rings. The molecule has 1 amide bonds. The highest BCUT2D eigenvalue weighted by Crippen LogP contribution is 2.40. The van der Waals surface area contributed by atoms with E-state index in [9.17, 15) is 4.79 Å². The molecular formula is C19H25ClN2O4. The third-order valence-electron chi connectivity index (χ3n) is 6.10. The molecule has 1 N–H and O–H groups in total. The van der Waals surface area contributed by atoms with Gasteiger partial charge in [0, 0.05) is 11.1 Å². The topological polar surface area (TPSA) is 62.2 Å². The van der Waals surface area contributed by atoms with Gasteiger partial charge >= 0.3 is 6.09 Å². The summed E-state index contributed by atoms with van der Waals surface area (Å²) in [5.41, 5.74) is 0.964. The maximum atomic E-state index is 11.0. The summed E-state index contributed by atoms with van der Waals surface area (Å²) in [6.07, 6.45) is 2.23. The molecule has 1 atom stereocenters. The summed E-state index contributed by atoms with van der Waals surface area (Å²) in [7, 11) is 1.70. The predicted octanol–water partition coefficient (Wildman–Crippen LogP) is 3.05. The third-order valence-corrected chi connectivity index (χ3v) is 6.33. The van der Waals surface area contributed by atoms with Crippen LogP contribution in [0.2, 0.25) is 5.02 Å². The Bertz CT molecular complexity index is 684. The first kappa shape index (κ1) is 17.9. The van der Waals surface area contributed by atoms with Gasteiger partial charge in [-0.2, -0.15) is 0 Å². The van der Waals surface area contributed by atoms with Crippen LogP contribution in [-0.4, -0.2) is 72.5 Å². The molecule has 6 nitrogen and oxygen atoms in total. The number of carboxylic acid groups (broad SMARTS) is 1. The van der Waals surface area contributed by atoms with Crippen LogP contribution in [0.3, 0.4) is 0 Å². The number of halogens is 1. The number of hydrogen-bond donors (Lipinski definition) is 1. The lowest BCUT2D eigenvalue weighted by Crippen LogP contribution is -2.63. The number of carbonyl (C=O) groups is 1. The van der Waals surface area contributed by atoms with Crippen molar-refractivity contribution in [3.05, 3.63) is 28.8 Å². The van der Waals surface area contributed by atoms with Gasteiger partial charge in [-0.25, -0.2) is 4.79 Å². The van der Waals surface area contributed by atoms with E-state index in [0.29, 0.717) is 31.7 Å². The van der Waals surface area contributed by atoms with Gasteiger partial charge in [0.1, 0.15) is 11.4 Å². The summed E-state index contributed by atoms with van der Waals surface area (Å²) in [6, 6.07) is 6.24. The van der Waals surface area contributed by atoms with Gasteiger partial charge in [0.25, 0.3) is 0 Å². The average molecular weight is 381 g/mol. The van der Waals surface area contributed by atoms with Gasteiger partial charge in [-0.05, 0) is 62.0 Å². The van der Waals surface area contributed by atoms with Crippen molar-refractivity contribution in [3.63, 3.8) is 0 Å². The molecule has 4 rings (SSSR count). The van der Waals surface area contributed by atoms with Crippen molar-refractivity contribution in [2.75, 3.05) is 39.9 Å². The van der Waals surface area contributed by atoms with Gasteiger partial charge in [-0.3, -0.25) is 4.90 Å². The molecule has 1 spiro atoms. The third kappa shape index (κ3) is 3.26. The molecule has 3 saturated heterocycles. The van der Waals surface area contributed by atoms with Crippen molar-refractivity contribution in [1.82, 2.24) is 9.80 Å². The summed E-state index contributed by atoms with van der Waals surface area (Å²) < 4.78 is 11.5. The van der Waals surface area contributed by atoms with E-state index in [0.717, 1.165) is 43.1 Å². The molecule has 0 radical (unpaired) electrons. The number of benzene rings is 1. The number of rotatable bonds is 3. The van der Waals surface area contributed by atoms with E-state index in [1.807, 2.05) is 18.2 Å². The van der Waals surface area contributed by atoms with E-state index in [-0.39, 0.29) is 5.60 Å². The van der Waals surface area contributed by atoms with E-state index < -0.39 is 6.09 Å². The van der Waals surface area contributed by atoms with Crippen LogP contribution in [0, 0.1) is 0 Å². The largest absolute Gasteiger partial charge is 0.496 e. The zero-order valence-electron chi connectivity index (χ0n) is 15.0. The van der Waals surface area contributed by atoms with Gasteiger partial charge in [0.05, 0.1) is 26.8 Å². The minimum atomic E-state index is -0.848. The Morgan fingerprint density at radius 3 is 2.73 bits per heavy atom. The molecule has 0 aliphatic carbocycles. The van der Waals surface area contributed by atoms with Crippen LogP contribution in [-0.2, 0) is 4.74 Å². The molecule has 1 unspecified atom stereocenters. The first-order chi connectivity index (χ1) is 12.5. The molecule has 3 aliphatic heterocycles. The van der Waals surface area contributed by atoms with E-state index in [2.05, 4.69) is 4.90 Å². The first-order valence-corrected chi connectivity index (χ1v) is 9.57. The number of piperidine rings is 1. The lowest BCUT2D eigenvalue weighted by Gasteiger charge is -2.45. The van der Waals surface area contributed by atoms with E-state index in [4.69, 9.17) is 26.2 Å². The number of nitrogens with zero attached hydrogens (tertiary/aromatic N) is 2. The SMILES string of the molecule is COc1ccc(Cl)cc1C1CCN(C2COC3(C2)CN(C(=O)O)C3)CC1. The number of likely N-dealkylation sites (tertiary alicyclic amines) is 2. The van der Waals surface area contributed by atoms with Crippen LogP contribution in [0.4, 0.5) is 4.79 Å². The van der Waals surface area contributed by atoms with Crippen molar-refractivity contribution in [1.29, 1.82) is 0 Å². The van der Waals surface area contributed by atoms with Gasteiger partial charge < -0.3 is 19.5 Å². The van der Waals surface area contributed by atoms with E-state index >= 15 is 0 Å². The fourth-order valence-electron chi connectivity index (χ4n) is 4.66. The molecule has 1 aromatic carbocycles. The van der Waals surface area contributed by atoms with Crippen LogP contribution in [0.25, 0.3) is 0 Å². The zero-order valence-corrected chi connectivity index (χ0v) is 15.7. The van der Waals surface area contributed by atoms with Crippen LogP contribution < -0.4 is 4.74 Å². The summed E-state index contributed by atoms with van der Waals surface area (Å²) >= 11 is 6.18. The Kier molecular flexibility index (Phi) is 4.75. The highest BCUT2D eigenvalue weighted by atomic mass is 35.5. The fourth-order valence-corrected chi connectivity index (χ4v) is 4.84. The molecule has 26 heavy (non-hydrogen) atoms. The standard InChI is InChI=1S/C19H25ClN2O4/c1-25-17-3-2-14(20)8-16(17)13-4-6-21(7-5-13)15-9-19(26-10-15)11-22(12-19)18(23)24/h2-3,8,13,15H,4-7,9-12H2,1H3,(H,23,24). The highest BCUT2D eigenvalue weighted by Gasteiger charge is 2.52. The van der Waals surface area contributed by atoms with Crippen molar-refractivity contribution >= 4 is 17.7 Å². The van der Waals surface area contributed by atoms with Crippen molar-refractivity contribution in [2.45, 2.75) is 36.8 Å². The highest BCUT2D eigenvalue weighted by molar-refractivity contribution is 6.30. The molecule has 0 saturated carbocycles. The number of ether oxygens (including phenoxy) is 2. The van der Waals surface area contributed by atoms with Gasteiger partial charge in [0.2, 0.25) is 0 Å². The molecule has 0 bridgehead atoms. The average Bonchev–Trinajstić information content (AvgIpc) is 3.06. The summed E-state index contributed by atoms with van der Waals surface area (Å²) in [5, 5.41) is 9.78. The second kappa shape index (κ2) is 6.91. The maximum absolute atomic E-state index is 11.0. The molecular weight excluding hydrogens is 356 g/mol. The lowest BCUT2D eigenvalue weighted by molar-refractivity contribution is -0.0982. The first-order valence-electron chi connectivity index (χ1n) is 9.19. The minimum absolute atomic E-state index is 0.240. The van der Waals surface area contributed by atoms with Crippen molar-refractivity contribution in [2.24, 2.45) is 0 Å². The number of hydrogen-bond acceptors (Lipinski definition) is 4. The normalized spacial score (nSPS) is 26.1. The molecule has 142 valence electrons. The van der Waals surface area contributed by atoms with Crippen LogP contribution in [0.5, 0.6) is 5.75 Å². The Morgan fingerprint density at radius 1 is 1.35 bits per heavy atom. The van der Waals surface area contributed by atoms with Gasteiger partial charge in [-0.15, -0.1) is 0 Å². The van der Waals surface area contributed by atoms with Crippen molar-refractivity contribution in [3.8, 4) is 5.75 Å². The lowest BCUT2D eigenvalue weighted by atomic mass is 9.86. The van der Waals surface area contributed by atoms with Crippen molar-refractivity contribution < 1.29 is 19.4 Å². The molecule has 3 heterocycles. The molecule has 1 aromatic rings. The number of amides is 1. The second-order valence-electron chi connectivity index (χ2n) is 7.69. The van der Waals surface area contributed by atoms with Crippen LogP contribution in [0.15, 0.2) is 18.2 Å². The van der Waals surface area contributed by atoms with Gasteiger partial charge in [0.15, 0.2) is 0 Å². The fraction of sp³-hybridized carbons (Fsp3) is 0.632. The number of methoxy groups -OCH3 is 1. The summed E-state index contributed by atoms with van der Waals surface area (Å²) in [4.78, 5) is 14.9. The monoisotopic (exact) mass is 380 g/mol. The van der Waals surface area contributed by atoms with Crippen LogP contribution in [0.1, 0.15) is 30.7 Å². The smallest absolute Gasteiger partial charge is 0.407 e. The van der Waals surface area contributed by atoms with E-state index in [1.165, 1.54) is 10.5 Å². The second-order valence-corrected chi connectivity index (χ2v) is 8.12. The Morgan fingerprint density at radius 2 is 2.08 bits per heavy atom. The Balaban J connectivity index is 1.34. The van der Waals surface area contributed by atoms with E-state index in [1.54, 1.807) is 7.11 Å². The van der Waals surface area contributed by atoms with Crippen LogP contribution >= 0.6 is 11.6 Å². The molecule has 7 heteroatoms. The summed E-state index contributed by atoms with van der Waals surface area (Å²) in [6.45, 7) is 3.77. The zero-order chi connectivity index (χ0) is 18.3. The predicted molar refractivity (Wildman–Crippen MR) is 98.2 cm³/mol. The Hall–Kier alpha value is -1.50. The summed E-state index contributed by atoms with van der Waals surface area (Å²) in [5.74, 6) is 1.38. The van der Waals surface area contributed by atoms with Gasteiger partial charge in [-0.1, -0.05) is 11.6 Å². The maximum Gasteiger partial charge on any atom is 0.407 e. The quantitative estimate of drug-likeness (QED) is 0.873.